The van der Waals surface area contributed by atoms with Gasteiger partial charge < -0.3 is 20.4 Å². The zero-order valence-electron chi connectivity index (χ0n) is 8.16. The zero-order chi connectivity index (χ0) is 11.7. The number of anilines is 1. The number of oxazole rings is 1. The number of rotatable bonds is 2. The number of aliphatic hydroxyl groups excluding tert-OH is 2. The van der Waals surface area contributed by atoms with Crippen molar-refractivity contribution in [2.45, 2.75) is 12.2 Å². The van der Waals surface area contributed by atoms with E-state index in [1.165, 1.54) is 12.1 Å². The Morgan fingerprint density at radius 2 is 2.19 bits per heavy atom. The monoisotopic (exact) mass is 219 g/mol. The van der Waals surface area contributed by atoms with Gasteiger partial charge in [-0.15, -0.1) is 0 Å². The summed E-state index contributed by atoms with van der Waals surface area (Å²) in [6.45, 7) is 0. The molecule has 0 aliphatic rings. The van der Waals surface area contributed by atoms with E-state index in [0.717, 1.165) is 0 Å². The number of fused-ring (bicyclic) bond motifs is 1. The lowest BCUT2D eigenvalue weighted by molar-refractivity contribution is 0.0529. The van der Waals surface area contributed by atoms with Crippen LogP contribution in [0.3, 0.4) is 0 Å². The maximum Gasteiger partial charge on any atom is 0.292 e. The number of hydrogen-bond acceptors (Lipinski definition) is 6. The molecule has 0 saturated heterocycles. The normalized spacial score (nSPS) is 14.6. The van der Waals surface area contributed by atoms with E-state index in [0.29, 0.717) is 16.7 Å². The highest BCUT2D eigenvalue weighted by Gasteiger charge is 2.18. The van der Waals surface area contributed by atoms with Crippen molar-refractivity contribution in [3.8, 4) is 6.07 Å². The highest BCUT2D eigenvalue weighted by atomic mass is 16.4. The van der Waals surface area contributed by atoms with Crippen LogP contribution in [0.2, 0.25) is 0 Å². The molecule has 82 valence electrons. The summed E-state index contributed by atoms with van der Waals surface area (Å²) in [6, 6.07) is 6.21. The van der Waals surface area contributed by atoms with E-state index in [2.05, 4.69) is 4.98 Å². The Kier molecular flexibility index (Phi) is 2.48. The van der Waals surface area contributed by atoms with E-state index < -0.39 is 12.2 Å². The molecule has 4 N–H and O–H groups in total. The molecule has 6 heteroatoms. The van der Waals surface area contributed by atoms with E-state index in [-0.39, 0.29) is 6.01 Å². The number of hydrogen-bond donors (Lipinski definition) is 3. The highest BCUT2D eigenvalue weighted by molar-refractivity contribution is 5.75. The topological polar surface area (TPSA) is 116 Å². The van der Waals surface area contributed by atoms with Crippen molar-refractivity contribution >= 4 is 17.1 Å². The molecule has 0 saturated carbocycles. The molecule has 2 atom stereocenters. The van der Waals surface area contributed by atoms with Gasteiger partial charge in [0.05, 0.1) is 6.07 Å². The Morgan fingerprint density at radius 1 is 1.44 bits per heavy atom. The Bertz CT molecular complexity index is 558. The molecular weight excluding hydrogens is 210 g/mol. The van der Waals surface area contributed by atoms with Gasteiger partial charge >= 0.3 is 0 Å². The smallest absolute Gasteiger partial charge is 0.292 e. The summed E-state index contributed by atoms with van der Waals surface area (Å²) in [5.41, 5.74) is 6.70. The van der Waals surface area contributed by atoms with Crippen LogP contribution in [0.4, 0.5) is 6.01 Å². The third kappa shape index (κ3) is 1.69. The lowest BCUT2D eigenvalue weighted by atomic mass is 10.0. The molecule has 0 spiro atoms. The quantitative estimate of drug-likeness (QED) is 0.626. The molecule has 2 aromatic rings. The second-order valence-electron chi connectivity index (χ2n) is 3.30. The molecule has 0 aliphatic carbocycles. The summed E-state index contributed by atoms with van der Waals surface area (Å²) in [5, 5.41) is 27.2. The molecule has 0 bridgehead atoms. The fourth-order valence-electron chi connectivity index (χ4n) is 1.40. The van der Waals surface area contributed by atoms with E-state index in [1.54, 1.807) is 12.1 Å². The maximum absolute atomic E-state index is 9.59. The highest BCUT2D eigenvalue weighted by Crippen LogP contribution is 2.23. The second kappa shape index (κ2) is 3.81. The van der Waals surface area contributed by atoms with Gasteiger partial charge in [0.25, 0.3) is 6.01 Å². The van der Waals surface area contributed by atoms with Gasteiger partial charge in [-0.3, -0.25) is 0 Å². The number of nitrogens with zero attached hydrogens (tertiary/aromatic N) is 2. The summed E-state index contributed by atoms with van der Waals surface area (Å²) in [7, 11) is 0. The number of aromatic nitrogens is 1. The van der Waals surface area contributed by atoms with E-state index >= 15 is 0 Å². The molecule has 0 fully saturated rings. The Morgan fingerprint density at radius 3 is 2.88 bits per heavy atom. The molecular formula is C10H9N3O3. The first kappa shape index (κ1) is 10.4. The van der Waals surface area contributed by atoms with Gasteiger partial charge in [0, 0.05) is 0 Å². The first-order chi connectivity index (χ1) is 7.61. The van der Waals surface area contributed by atoms with Gasteiger partial charge in [-0.2, -0.15) is 10.2 Å². The van der Waals surface area contributed by atoms with Crippen LogP contribution in [0.25, 0.3) is 11.1 Å². The van der Waals surface area contributed by atoms with Crippen LogP contribution in [0.5, 0.6) is 0 Å². The number of nitrogen functional groups attached to an aromatic ring is 1. The first-order valence-corrected chi connectivity index (χ1v) is 4.53. The van der Waals surface area contributed by atoms with Crippen molar-refractivity contribution < 1.29 is 14.6 Å². The molecule has 16 heavy (non-hydrogen) atoms. The molecule has 6 nitrogen and oxygen atoms in total. The SMILES string of the molecule is N#CC(O)C(O)c1ccc2oc(N)nc2c1. The summed E-state index contributed by atoms with van der Waals surface area (Å²) in [6.07, 6.45) is -2.74. The van der Waals surface area contributed by atoms with E-state index in [4.69, 9.17) is 15.4 Å². The third-order valence-electron chi connectivity index (χ3n) is 2.20. The molecule has 1 aromatic carbocycles. The molecule has 0 aliphatic heterocycles. The summed E-state index contributed by atoms with van der Waals surface area (Å²) in [4.78, 5) is 3.88. The average Bonchev–Trinajstić information content (AvgIpc) is 2.65. The van der Waals surface area contributed by atoms with Crippen molar-refractivity contribution in [1.82, 2.24) is 4.98 Å². The van der Waals surface area contributed by atoms with Gasteiger partial charge in [0.2, 0.25) is 0 Å². The van der Waals surface area contributed by atoms with Gasteiger partial charge in [-0.05, 0) is 17.7 Å². The van der Waals surface area contributed by atoms with Crippen LogP contribution < -0.4 is 5.73 Å². The summed E-state index contributed by atoms with van der Waals surface area (Å²) in [5.74, 6) is 0. The van der Waals surface area contributed by atoms with Crippen LogP contribution in [0.15, 0.2) is 22.6 Å². The Balaban J connectivity index is 2.43. The summed E-state index contributed by atoms with van der Waals surface area (Å²) >= 11 is 0. The molecule has 0 amide bonds. The van der Waals surface area contributed by atoms with Crippen molar-refractivity contribution in [2.24, 2.45) is 0 Å². The Hall–Kier alpha value is -2.10. The van der Waals surface area contributed by atoms with Gasteiger partial charge in [-0.1, -0.05) is 6.07 Å². The minimum Gasteiger partial charge on any atom is -0.424 e. The van der Waals surface area contributed by atoms with Crippen molar-refractivity contribution in [3.05, 3.63) is 23.8 Å². The van der Waals surface area contributed by atoms with Crippen LogP contribution in [0, 0.1) is 11.3 Å². The van der Waals surface area contributed by atoms with Gasteiger partial charge in [0.1, 0.15) is 11.6 Å². The molecule has 2 unspecified atom stereocenters. The standard InChI is InChI=1S/C10H9N3O3/c11-4-7(14)9(15)5-1-2-8-6(3-5)13-10(12)16-8/h1-3,7,9,14-15H,(H2,12,13). The number of nitrogens with two attached hydrogens (primary N) is 1. The third-order valence-corrected chi connectivity index (χ3v) is 2.20. The van der Waals surface area contributed by atoms with Gasteiger partial charge in [0.15, 0.2) is 11.7 Å². The minimum absolute atomic E-state index is 0.0301. The number of aliphatic hydroxyl groups is 2. The first-order valence-electron chi connectivity index (χ1n) is 4.53. The van der Waals surface area contributed by atoms with Crippen molar-refractivity contribution in [1.29, 1.82) is 5.26 Å². The van der Waals surface area contributed by atoms with Crippen LogP contribution >= 0.6 is 0 Å². The van der Waals surface area contributed by atoms with E-state index in [9.17, 15) is 10.2 Å². The second-order valence-corrected chi connectivity index (χ2v) is 3.30. The fourth-order valence-corrected chi connectivity index (χ4v) is 1.40. The largest absolute Gasteiger partial charge is 0.424 e. The molecule has 0 radical (unpaired) electrons. The Labute approximate surface area is 90.5 Å². The fraction of sp³-hybridized carbons (Fsp3) is 0.200. The molecule has 1 heterocycles. The van der Waals surface area contributed by atoms with Crippen LogP contribution in [-0.2, 0) is 0 Å². The van der Waals surface area contributed by atoms with Crippen molar-refractivity contribution in [2.75, 3.05) is 5.73 Å². The van der Waals surface area contributed by atoms with Crippen LogP contribution in [0.1, 0.15) is 11.7 Å². The zero-order valence-corrected chi connectivity index (χ0v) is 8.16. The minimum atomic E-state index is -1.47. The number of benzene rings is 1. The van der Waals surface area contributed by atoms with Crippen molar-refractivity contribution in [3.63, 3.8) is 0 Å². The maximum atomic E-state index is 9.59. The van der Waals surface area contributed by atoms with Crippen LogP contribution in [-0.4, -0.2) is 21.3 Å². The van der Waals surface area contributed by atoms with E-state index in [1.807, 2.05) is 0 Å². The predicted molar refractivity (Wildman–Crippen MR) is 55.0 cm³/mol. The molecule has 1 aromatic heterocycles. The predicted octanol–water partition coefficient (Wildman–Crippen LogP) is 0.328. The molecule has 2 rings (SSSR count). The average molecular weight is 219 g/mol. The lowest BCUT2D eigenvalue weighted by Gasteiger charge is -2.11. The van der Waals surface area contributed by atoms with Gasteiger partial charge in [-0.25, -0.2) is 0 Å². The summed E-state index contributed by atoms with van der Waals surface area (Å²) < 4.78 is 5.05. The lowest BCUT2D eigenvalue weighted by Crippen LogP contribution is -2.15. The number of nitriles is 1.